The van der Waals surface area contributed by atoms with Gasteiger partial charge in [-0.25, -0.2) is 4.98 Å². The van der Waals surface area contributed by atoms with Gasteiger partial charge in [0.1, 0.15) is 10.8 Å². The summed E-state index contributed by atoms with van der Waals surface area (Å²) in [6, 6.07) is 12.5. The first-order valence-electron chi connectivity index (χ1n) is 8.43. The Hall–Kier alpha value is -3.19. The average molecular weight is 379 g/mol. The Labute approximate surface area is 159 Å². The first-order valence-corrected chi connectivity index (χ1v) is 9.31. The smallest absolute Gasteiger partial charge is 0.269 e. The highest BCUT2D eigenvalue weighted by Gasteiger charge is 2.15. The molecule has 1 aromatic carbocycles. The van der Waals surface area contributed by atoms with Crippen LogP contribution in [0.4, 0.5) is 5.69 Å². The maximum absolute atomic E-state index is 10.8. The van der Waals surface area contributed by atoms with E-state index < -0.39 is 4.92 Å². The molecule has 0 unspecified atom stereocenters. The fourth-order valence-electron chi connectivity index (χ4n) is 3.12. The Kier molecular flexibility index (Phi) is 4.37. The van der Waals surface area contributed by atoms with Crippen molar-refractivity contribution in [2.75, 3.05) is 0 Å². The van der Waals surface area contributed by atoms with Crippen LogP contribution in [0.3, 0.4) is 0 Å². The molecule has 0 N–H and O–H groups in total. The molecule has 0 radical (unpaired) electrons. The van der Waals surface area contributed by atoms with E-state index in [1.807, 2.05) is 17.5 Å². The molecule has 3 heterocycles. The first kappa shape index (κ1) is 17.2. The Balaban J connectivity index is 1.64. The van der Waals surface area contributed by atoms with Crippen molar-refractivity contribution >= 4 is 17.0 Å². The van der Waals surface area contributed by atoms with Crippen LogP contribution < -0.4 is 0 Å². The number of non-ortho nitro benzene ring substituents is 1. The lowest BCUT2D eigenvalue weighted by Crippen LogP contribution is -2.02. The number of benzene rings is 1. The fourth-order valence-corrected chi connectivity index (χ4v) is 3.94. The molecular formula is C20H17N3O3S. The van der Waals surface area contributed by atoms with Crippen molar-refractivity contribution in [3.05, 3.63) is 81.4 Å². The number of rotatable bonds is 5. The number of hydrogen-bond acceptors (Lipinski definition) is 5. The average Bonchev–Trinajstić information content (AvgIpc) is 3.39. The first-order chi connectivity index (χ1) is 13.0. The summed E-state index contributed by atoms with van der Waals surface area (Å²) in [5.41, 5.74) is 5.22. The molecule has 0 bridgehead atoms. The number of thiazole rings is 1. The molecule has 0 amide bonds. The number of nitro groups is 1. The molecule has 4 aromatic rings. The predicted octanol–water partition coefficient (Wildman–Crippen LogP) is 5.44. The van der Waals surface area contributed by atoms with Gasteiger partial charge >= 0.3 is 0 Å². The van der Waals surface area contributed by atoms with Gasteiger partial charge in [-0.05, 0) is 44.2 Å². The molecule has 0 aliphatic heterocycles. The van der Waals surface area contributed by atoms with E-state index in [4.69, 9.17) is 9.40 Å². The van der Waals surface area contributed by atoms with E-state index in [-0.39, 0.29) is 5.69 Å². The number of nitrogens with zero attached hydrogens (tertiary/aromatic N) is 3. The standard InChI is InChI=1S/C20H17N3O3S/c1-13-10-18(14(2)22(13)11-17-4-3-9-26-17)19-12-27-20(21-19)15-5-7-16(8-6-15)23(24)25/h3-10,12H,11H2,1-2H3. The van der Waals surface area contributed by atoms with E-state index in [9.17, 15) is 10.1 Å². The van der Waals surface area contributed by atoms with Crippen LogP contribution in [0.25, 0.3) is 21.8 Å². The summed E-state index contributed by atoms with van der Waals surface area (Å²) < 4.78 is 7.68. The monoisotopic (exact) mass is 379 g/mol. The molecule has 0 aliphatic carbocycles. The highest BCUT2D eigenvalue weighted by molar-refractivity contribution is 7.13. The predicted molar refractivity (Wildman–Crippen MR) is 105 cm³/mol. The van der Waals surface area contributed by atoms with Crippen LogP contribution in [0.15, 0.2) is 58.5 Å². The maximum Gasteiger partial charge on any atom is 0.269 e. The molecule has 27 heavy (non-hydrogen) atoms. The Morgan fingerprint density at radius 2 is 2.00 bits per heavy atom. The van der Waals surface area contributed by atoms with E-state index in [1.165, 1.54) is 23.5 Å². The van der Waals surface area contributed by atoms with Gasteiger partial charge in [-0.2, -0.15) is 0 Å². The molecular weight excluding hydrogens is 362 g/mol. The summed E-state index contributed by atoms with van der Waals surface area (Å²) in [5.74, 6) is 0.910. The highest BCUT2D eigenvalue weighted by atomic mass is 32.1. The van der Waals surface area contributed by atoms with Crippen LogP contribution in [0.2, 0.25) is 0 Å². The van der Waals surface area contributed by atoms with E-state index in [0.29, 0.717) is 6.54 Å². The van der Waals surface area contributed by atoms with Gasteiger partial charge in [-0.1, -0.05) is 0 Å². The third kappa shape index (κ3) is 3.29. The molecule has 0 fully saturated rings. The Morgan fingerprint density at radius 3 is 2.67 bits per heavy atom. The van der Waals surface area contributed by atoms with Crippen LogP contribution in [-0.2, 0) is 6.54 Å². The minimum atomic E-state index is -0.398. The summed E-state index contributed by atoms with van der Waals surface area (Å²) in [7, 11) is 0. The van der Waals surface area contributed by atoms with Crippen molar-refractivity contribution in [1.82, 2.24) is 9.55 Å². The Morgan fingerprint density at radius 1 is 1.22 bits per heavy atom. The van der Waals surface area contributed by atoms with E-state index >= 15 is 0 Å². The van der Waals surface area contributed by atoms with E-state index in [2.05, 4.69) is 24.5 Å². The second kappa shape index (κ2) is 6.85. The third-order valence-electron chi connectivity index (χ3n) is 4.57. The van der Waals surface area contributed by atoms with Gasteiger partial charge in [0.15, 0.2) is 0 Å². The van der Waals surface area contributed by atoms with Gasteiger partial charge in [0.2, 0.25) is 0 Å². The van der Waals surface area contributed by atoms with Crippen molar-refractivity contribution in [1.29, 1.82) is 0 Å². The van der Waals surface area contributed by atoms with Gasteiger partial charge in [0, 0.05) is 40.0 Å². The van der Waals surface area contributed by atoms with Gasteiger partial charge in [-0.3, -0.25) is 10.1 Å². The van der Waals surface area contributed by atoms with Crippen LogP contribution in [-0.4, -0.2) is 14.5 Å². The van der Waals surface area contributed by atoms with E-state index in [0.717, 1.165) is 39.0 Å². The lowest BCUT2D eigenvalue weighted by molar-refractivity contribution is -0.384. The van der Waals surface area contributed by atoms with Crippen LogP contribution in [0.5, 0.6) is 0 Å². The summed E-state index contributed by atoms with van der Waals surface area (Å²) in [6.45, 7) is 4.84. The molecule has 3 aromatic heterocycles. The second-order valence-corrected chi connectivity index (χ2v) is 7.15. The minimum Gasteiger partial charge on any atom is -0.467 e. The summed E-state index contributed by atoms with van der Waals surface area (Å²) >= 11 is 1.53. The number of furan rings is 1. The van der Waals surface area contributed by atoms with Crippen LogP contribution in [0.1, 0.15) is 17.1 Å². The number of aromatic nitrogens is 2. The normalized spacial score (nSPS) is 11.0. The summed E-state index contributed by atoms with van der Waals surface area (Å²) in [6.07, 6.45) is 1.68. The van der Waals surface area contributed by atoms with Crippen molar-refractivity contribution < 1.29 is 9.34 Å². The molecule has 4 rings (SSSR count). The molecule has 0 aliphatic rings. The minimum absolute atomic E-state index is 0.0806. The zero-order valence-corrected chi connectivity index (χ0v) is 15.7. The number of hydrogen-bond donors (Lipinski definition) is 0. The summed E-state index contributed by atoms with van der Waals surface area (Å²) in [5, 5.41) is 13.7. The maximum atomic E-state index is 10.8. The Bertz CT molecular complexity index is 1090. The highest BCUT2D eigenvalue weighted by Crippen LogP contribution is 2.33. The van der Waals surface area contributed by atoms with Gasteiger partial charge in [0.05, 0.1) is 23.4 Å². The lowest BCUT2D eigenvalue weighted by Gasteiger charge is -2.07. The molecule has 0 spiro atoms. The topological polar surface area (TPSA) is 74.1 Å². The van der Waals surface area contributed by atoms with Gasteiger partial charge in [-0.15, -0.1) is 11.3 Å². The summed E-state index contributed by atoms with van der Waals surface area (Å²) in [4.78, 5) is 15.2. The second-order valence-electron chi connectivity index (χ2n) is 6.29. The van der Waals surface area contributed by atoms with Gasteiger partial charge in [0.25, 0.3) is 5.69 Å². The zero-order chi connectivity index (χ0) is 19.0. The van der Waals surface area contributed by atoms with Crippen molar-refractivity contribution in [2.45, 2.75) is 20.4 Å². The van der Waals surface area contributed by atoms with Crippen molar-refractivity contribution in [3.8, 4) is 21.8 Å². The van der Waals surface area contributed by atoms with Crippen molar-refractivity contribution in [2.24, 2.45) is 0 Å². The van der Waals surface area contributed by atoms with Gasteiger partial charge < -0.3 is 8.98 Å². The number of nitro benzene ring substituents is 1. The van der Waals surface area contributed by atoms with Crippen molar-refractivity contribution in [3.63, 3.8) is 0 Å². The molecule has 0 saturated heterocycles. The molecule has 6 nitrogen and oxygen atoms in total. The SMILES string of the molecule is Cc1cc(-c2csc(-c3ccc([N+](=O)[O-])cc3)n2)c(C)n1Cc1ccco1. The third-order valence-corrected chi connectivity index (χ3v) is 5.46. The molecule has 7 heteroatoms. The molecule has 136 valence electrons. The van der Waals surface area contributed by atoms with E-state index in [1.54, 1.807) is 18.4 Å². The zero-order valence-electron chi connectivity index (χ0n) is 14.9. The van der Waals surface area contributed by atoms with Crippen LogP contribution >= 0.6 is 11.3 Å². The number of aryl methyl sites for hydroxylation is 1. The lowest BCUT2D eigenvalue weighted by atomic mass is 10.2. The molecule has 0 atom stereocenters. The quantitative estimate of drug-likeness (QED) is 0.342. The fraction of sp³-hybridized carbons (Fsp3) is 0.150. The largest absolute Gasteiger partial charge is 0.467 e. The van der Waals surface area contributed by atoms with Crippen LogP contribution in [0, 0.1) is 24.0 Å². The molecule has 0 saturated carbocycles.